The Morgan fingerprint density at radius 2 is 1.64 bits per heavy atom. The number of rotatable bonds is 4. The molecule has 164 valence electrons. The molecule has 0 fully saturated rings. The molecule has 5 aromatic rings. The van der Waals surface area contributed by atoms with E-state index < -0.39 is 5.82 Å². The molecule has 33 heavy (non-hydrogen) atoms. The first-order chi connectivity index (χ1) is 15.9. The monoisotopic (exact) mass is 444 g/mol. The van der Waals surface area contributed by atoms with Crippen LogP contribution in [0.25, 0.3) is 27.5 Å². The summed E-state index contributed by atoms with van der Waals surface area (Å²) in [5.74, 6) is -1.06. The molecule has 1 amide bonds. The first kappa shape index (κ1) is 20.6. The smallest absolute Gasteiger partial charge is 0.280 e. The number of aromatic nitrogens is 3. The lowest BCUT2D eigenvalue weighted by Crippen LogP contribution is -2.26. The van der Waals surface area contributed by atoms with Gasteiger partial charge in [-0.1, -0.05) is 12.1 Å². The van der Waals surface area contributed by atoms with Crippen LogP contribution in [0.2, 0.25) is 0 Å². The minimum atomic E-state index is -0.402. The summed E-state index contributed by atoms with van der Waals surface area (Å²) in [7, 11) is 0. The van der Waals surface area contributed by atoms with Crippen LogP contribution in [0, 0.1) is 11.6 Å². The highest BCUT2D eigenvalue weighted by atomic mass is 19.1. The lowest BCUT2D eigenvalue weighted by Gasteiger charge is -2.14. The van der Waals surface area contributed by atoms with Crippen LogP contribution in [0.3, 0.4) is 0 Å². The molecule has 2 heterocycles. The number of pyridine rings is 1. The van der Waals surface area contributed by atoms with E-state index in [4.69, 9.17) is 0 Å². The molecule has 3 aromatic carbocycles. The van der Waals surface area contributed by atoms with E-state index in [9.17, 15) is 18.4 Å². The number of hydrogen-bond acceptors (Lipinski definition) is 3. The number of carbonyl (C=O) groups excluding carboxylic acids is 1. The van der Waals surface area contributed by atoms with Crippen LogP contribution in [0.15, 0.2) is 77.7 Å². The summed E-state index contributed by atoms with van der Waals surface area (Å²) in [6.45, 7) is 1.81. The predicted molar refractivity (Wildman–Crippen MR) is 121 cm³/mol. The molecule has 0 radical (unpaired) electrons. The maximum atomic E-state index is 13.3. The zero-order valence-corrected chi connectivity index (χ0v) is 17.5. The van der Waals surface area contributed by atoms with E-state index >= 15 is 0 Å². The third-order valence-corrected chi connectivity index (χ3v) is 5.59. The standard InChI is InChI=1S/C25H18F2N4O2/c1-14(15-2-5-17(26)6-3-15)29-24(32)16-4-11-22-20(12-16)23-21(13-28-22)25(33)31(30-23)19-9-7-18(27)8-10-19/h2-14,30H,1H3,(H,29,32). The van der Waals surface area contributed by atoms with Gasteiger partial charge in [0.15, 0.2) is 0 Å². The second-order valence-corrected chi connectivity index (χ2v) is 7.75. The molecule has 5 rings (SSSR count). The summed E-state index contributed by atoms with van der Waals surface area (Å²) in [5.41, 5.74) is 2.45. The summed E-state index contributed by atoms with van der Waals surface area (Å²) in [4.78, 5) is 30.1. The molecule has 0 aliphatic carbocycles. The number of H-pyrrole nitrogens is 1. The fourth-order valence-corrected chi connectivity index (χ4v) is 3.79. The van der Waals surface area contributed by atoms with Gasteiger partial charge in [0.2, 0.25) is 0 Å². The molecular formula is C25H18F2N4O2. The van der Waals surface area contributed by atoms with Crippen LogP contribution in [-0.4, -0.2) is 20.7 Å². The van der Waals surface area contributed by atoms with E-state index in [0.29, 0.717) is 33.1 Å². The molecule has 2 aromatic heterocycles. The van der Waals surface area contributed by atoms with Gasteiger partial charge in [0.1, 0.15) is 11.6 Å². The Bertz CT molecular complexity index is 1550. The molecule has 8 heteroatoms. The zero-order valence-electron chi connectivity index (χ0n) is 17.5. The molecular weight excluding hydrogens is 426 g/mol. The number of halogens is 2. The van der Waals surface area contributed by atoms with Gasteiger partial charge in [0.25, 0.3) is 11.5 Å². The molecule has 0 aliphatic heterocycles. The first-order valence-corrected chi connectivity index (χ1v) is 10.3. The third-order valence-electron chi connectivity index (χ3n) is 5.59. The first-order valence-electron chi connectivity index (χ1n) is 10.3. The summed E-state index contributed by atoms with van der Waals surface area (Å²) in [6, 6.07) is 16.2. The summed E-state index contributed by atoms with van der Waals surface area (Å²) >= 11 is 0. The highest BCUT2D eigenvalue weighted by Gasteiger charge is 2.16. The minimum Gasteiger partial charge on any atom is -0.346 e. The maximum Gasteiger partial charge on any atom is 0.280 e. The van der Waals surface area contributed by atoms with Crippen molar-refractivity contribution in [3.63, 3.8) is 0 Å². The van der Waals surface area contributed by atoms with Crippen molar-refractivity contribution < 1.29 is 13.6 Å². The van der Waals surface area contributed by atoms with Crippen LogP contribution < -0.4 is 10.9 Å². The number of hydrogen-bond donors (Lipinski definition) is 2. The van der Waals surface area contributed by atoms with Gasteiger partial charge in [-0.3, -0.25) is 19.7 Å². The van der Waals surface area contributed by atoms with Crippen molar-refractivity contribution in [2.45, 2.75) is 13.0 Å². The second-order valence-electron chi connectivity index (χ2n) is 7.75. The summed E-state index contributed by atoms with van der Waals surface area (Å²) in [6.07, 6.45) is 1.48. The number of nitrogens with one attached hydrogen (secondary N) is 2. The van der Waals surface area contributed by atoms with Crippen molar-refractivity contribution in [3.05, 3.63) is 106 Å². The van der Waals surface area contributed by atoms with Gasteiger partial charge < -0.3 is 5.32 Å². The largest absolute Gasteiger partial charge is 0.346 e. The van der Waals surface area contributed by atoms with Crippen molar-refractivity contribution in [1.29, 1.82) is 0 Å². The van der Waals surface area contributed by atoms with E-state index in [1.54, 1.807) is 30.3 Å². The Morgan fingerprint density at radius 3 is 2.33 bits per heavy atom. The van der Waals surface area contributed by atoms with Crippen LogP contribution >= 0.6 is 0 Å². The highest BCUT2D eigenvalue weighted by Crippen LogP contribution is 2.23. The zero-order chi connectivity index (χ0) is 23.1. The van der Waals surface area contributed by atoms with Crippen LogP contribution in [0.5, 0.6) is 0 Å². The van der Waals surface area contributed by atoms with Gasteiger partial charge in [-0.05, 0) is 67.1 Å². The maximum absolute atomic E-state index is 13.3. The molecule has 6 nitrogen and oxygen atoms in total. The van der Waals surface area contributed by atoms with Gasteiger partial charge >= 0.3 is 0 Å². The van der Waals surface area contributed by atoms with Crippen LogP contribution in [0.4, 0.5) is 8.78 Å². The molecule has 0 bridgehead atoms. The van der Waals surface area contributed by atoms with Crippen molar-refractivity contribution in [3.8, 4) is 5.69 Å². The van der Waals surface area contributed by atoms with Gasteiger partial charge in [-0.25, -0.2) is 13.5 Å². The Balaban J connectivity index is 1.53. The molecule has 0 aliphatic rings. The lowest BCUT2D eigenvalue weighted by molar-refractivity contribution is 0.0940. The fraction of sp³-hybridized carbons (Fsp3) is 0.0800. The predicted octanol–water partition coefficient (Wildman–Crippen LogP) is 4.64. The van der Waals surface area contributed by atoms with E-state index in [2.05, 4.69) is 15.4 Å². The Kier molecular flexibility index (Phi) is 4.97. The molecule has 0 saturated heterocycles. The summed E-state index contributed by atoms with van der Waals surface area (Å²) < 4.78 is 27.8. The number of amides is 1. The van der Waals surface area contributed by atoms with Crippen molar-refractivity contribution in [1.82, 2.24) is 20.1 Å². The quantitative estimate of drug-likeness (QED) is 0.424. The molecule has 2 N–H and O–H groups in total. The number of fused-ring (bicyclic) bond motifs is 3. The normalized spacial score (nSPS) is 12.2. The van der Waals surface area contributed by atoms with Crippen molar-refractivity contribution in [2.24, 2.45) is 0 Å². The van der Waals surface area contributed by atoms with E-state index in [0.717, 1.165) is 5.56 Å². The molecule has 0 spiro atoms. The average molecular weight is 444 g/mol. The summed E-state index contributed by atoms with van der Waals surface area (Å²) in [5, 5.41) is 6.91. The average Bonchev–Trinajstić information content (AvgIpc) is 3.16. The second kappa shape index (κ2) is 7.98. The topological polar surface area (TPSA) is 79.8 Å². The number of aromatic amines is 1. The molecule has 0 saturated carbocycles. The fourth-order valence-electron chi connectivity index (χ4n) is 3.79. The Morgan fingerprint density at radius 1 is 0.970 bits per heavy atom. The van der Waals surface area contributed by atoms with Gasteiger partial charge in [0.05, 0.1) is 28.1 Å². The molecule has 1 atom stereocenters. The van der Waals surface area contributed by atoms with E-state index in [1.165, 1.54) is 47.3 Å². The highest BCUT2D eigenvalue weighted by molar-refractivity contribution is 6.06. The SMILES string of the molecule is CC(NC(=O)c1ccc2ncc3c(=O)n(-c4ccc(F)cc4)[nH]c3c2c1)c1ccc(F)cc1. The van der Waals surface area contributed by atoms with Gasteiger partial charge in [0, 0.05) is 17.1 Å². The Labute approximate surface area is 186 Å². The van der Waals surface area contributed by atoms with Crippen molar-refractivity contribution >= 4 is 27.7 Å². The van der Waals surface area contributed by atoms with Gasteiger partial charge in [-0.15, -0.1) is 0 Å². The lowest BCUT2D eigenvalue weighted by atomic mass is 10.1. The molecule has 1 unspecified atom stereocenters. The number of nitrogens with zero attached hydrogens (tertiary/aromatic N) is 2. The van der Waals surface area contributed by atoms with E-state index in [1.807, 2.05) is 6.92 Å². The van der Waals surface area contributed by atoms with Crippen molar-refractivity contribution in [2.75, 3.05) is 0 Å². The number of benzene rings is 3. The number of carbonyl (C=O) groups is 1. The Hall–Kier alpha value is -4.33. The minimum absolute atomic E-state index is 0.314. The van der Waals surface area contributed by atoms with Gasteiger partial charge in [-0.2, -0.15) is 0 Å². The van der Waals surface area contributed by atoms with E-state index in [-0.39, 0.29) is 23.3 Å². The third kappa shape index (κ3) is 3.76. The van der Waals surface area contributed by atoms with Crippen LogP contribution in [-0.2, 0) is 0 Å². The van der Waals surface area contributed by atoms with Crippen LogP contribution in [0.1, 0.15) is 28.9 Å².